The van der Waals surface area contributed by atoms with Gasteiger partial charge in [0.25, 0.3) is 11.8 Å². The van der Waals surface area contributed by atoms with Gasteiger partial charge in [-0.2, -0.15) is 0 Å². The van der Waals surface area contributed by atoms with Crippen molar-refractivity contribution in [2.24, 2.45) is 0 Å². The SMILES string of the molecule is CCN(C1=C(Cl)C(=O)N(c2ccccc2)C1=O)c1ccccc1. The van der Waals surface area contributed by atoms with Gasteiger partial charge in [0.2, 0.25) is 0 Å². The highest BCUT2D eigenvalue weighted by molar-refractivity contribution is 6.53. The van der Waals surface area contributed by atoms with Crippen LogP contribution >= 0.6 is 11.6 Å². The summed E-state index contributed by atoms with van der Waals surface area (Å²) in [4.78, 5) is 28.2. The lowest BCUT2D eigenvalue weighted by atomic mass is 10.2. The minimum Gasteiger partial charge on any atom is -0.336 e. The van der Waals surface area contributed by atoms with Crippen LogP contribution < -0.4 is 9.80 Å². The van der Waals surface area contributed by atoms with Crippen molar-refractivity contribution in [1.29, 1.82) is 0 Å². The number of anilines is 2. The summed E-state index contributed by atoms with van der Waals surface area (Å²) in [5, 5.41) is -0.0513. The molecule has 5 heteroatoms. The second-order valence-corrected chi connectivity index (χ2v) is 5.40. The number of halogens is 1. The van der Waals surface area contributed by atoms with Gasteiger partial charge in [-0.05, 0) is 31.2 Å². The third-order valence-electron chi connectivity index (χ3n) is 3.67. The first kappa shape index (κ1) is 15.3. The number of para-hydroxylation sites is 2. The number of hydrogen-bond acceptors (Lipinski definition) is 3. The lowest BCUT2D eigenvalue weighted by Gasteiger charge is -2.24. The summed E-state index contributed by atoms with van der Waals surface area (Å²) in [7, 11) is 0. The number of imide groups is 1. The van der Waals surface area contributed by atoms with Gasteiger partial charge in [-0.15, -0.1) is 0 Å². The van der Waals surface area contributed by atoms with Gasteiger partial charge in [0.15, 0.2) is 0 Å². The van der Waals surface area contributed by atoms with Gasteiger partial charge in [-0.3, -0.25) is 9.59 Å². The zero-order chi connectivity index (χ0) is 16.4. The van der Waals surface area contributed by atoms with E-state index >= 15 is 0 Å². The molecule has 1 aliphatic heterocycles. The zero-order valence-electron chi connectivity index (χ0n) is 12.6. The molecular weight excluding hydrogens is 312 g/mol. The molecule has 0 radical (unpaired) electrons. The molecule has 0 saturated carbocycles. The van der Waals surface area contributed by atoms with E-state index in [1.165, 1.54) is 0 Å². The Morgan fingerprint density at radius 2 is 1.48 bits per heavy atom. The number of benzene rings is 2. The molecule has 1 aliphatic rings. The van der Waals surface area contributed by atoms with E-state index in [1.54, 1.807) is 29.2 Å². The topological polar surface area (TPSA) is 40.6 Å². The quantitative estimate of drug-likeness (QED) is 0.807. The van der Waals surface area contributed by atoms with Crippen LogP contribution in [-0.2, 0) is 9.59 Å². The third kappa shape index (κ3) is 2.62. The molecule has 0 atom stereocenters. The van der Waals surface area contributed by atoms with Gasteiger partial charge in [0.1, 0.15) is 10.7 Å². The predicted octanol–water partition coefficient (Wildman–Crippen LogP) is 3.54. The van der Waals surface area contributed by atoms with Crippen molar-refractivity contribution in [2.75, 3.05) is 16.3 Å². The highest BCUT2D eigenvalue weighted by Gasteiger charge is 2.41. The van der Waals surface area contributed by atoms with Crippen molar-refractivity contribution in [1.82, 2.24) is 0 Å². The molecule has 0 unspecified atom stereocenters. The summed E-state index contributed by atoms with van der Waals surface area (Å²) in [6.45, 7) is 2.43. The molecule has 0 fully saturated rings. The summed E-state index contributed by atoms with van der Waals surface area (Å²) in [6, 6.07) is 18.2. The summed E-state index contributed by atoms with van der Waals surface area (Å²) < 4.78 is 0. The molecule has 0 spiro atoms. The maximum Gasteiger partial charge on any atom is 0.283 e. The van der Waals surface area contributed by atoms with E-state index in [0.717, 1.165) is 10.6 Å². The van der Waals surface area contributed by atoms with E-state index < -0.39 is 11.8 Å². The number of carbonyl (C=O) groups is 2. The van der Waals surface area contributed by atoms with Gasteiger partial charge in [0.05, 0.1) is 5.69 Å². The molecule has 23 heavy (non-hydrogen) atoms. The number of nitrogens with zero attached hydrogens (tertiary/aromatic N) is 2. The third-order valence-corrected chi connectivity index (χ3v) is 4.01. The molecule has 0 bridgehead atoms. The van der Waals surface area contributed by atoms with Crippen LogP contribution in [0.1, 0.15) is 6.92 Å². The first-order valence-corrected chi connectivity index (χ1v) is 7.69. The average Bonchev–Trinajstić information content (AvgIpc) is 2.81. The van der Waals surface area contributed by atoms with Crippen molar-refractivity contribution in [3.8, 4) is 0 Å². The van der Waals surface area contributed by atoms with Crippen LogP contribution in [-0.4, -0.2) is 18.4 Å². The average molecular weight is 327 g/mol. The fraction of sp³-hybridized carbons (Fsp3) is 0.111. The van der Waals surface area contributed by atoms with Crippen molar-refractivity contribution >= 4 is 34.8 Å². The van der Waals surface area contributed by atoms with Crippen LogP contribution in [0.5, 0.6) is 0 Å². The normalized spacial score (nSPS) is 14.6. The van der Waals surface area contributed by atoms with Crippen molar-refractivity contribution in [3.63, 3.8) is 0 Å². The maximum absolute atomic E-state index is 12.8. The number of hydrogen-bond donors (Lipinski definition) is 0. The Morgan fingerprint density at radius 1 is 0.913 bits per heavy atom. The Labute approximate surface area is 139 Å². The van der Waals surface area contributed by atoms with E-state index in [9.17, 15) is 9.59 Å². The lowest BCUT2D eigenvalue weighted by Crippen LogP contribution is -2.35. The molecule has 3 rings (SSSR count). The molecule has 0 aromatic heterocycles. The summed E-state index contributed by atoms with van der Waals surface area (Å²) in [6.07, 6.45) is 0. The van der Waals surface area contributed by atoms with Crippen LogP contribution in [0.15, 0.2) is 71.4 Å². The monoisotopic (exact) mass is 326 g/mol. The van der Waals surface area contributed by atoms with Crippen molar-refractivity contribution in [2.45, 2.75) is 6.92 Å². The standard InChI is InChI=1S/C18H15ClN2O2/c1-2-20(13-9-5-3-6-10-13)16-15(19)17(22)21(18(16)23)14-11-7-4-8-12-14/h3-12H,2H2,1H3. The van der Waals surface area contributed by atoms with E-state index in [-0.39, 0.29) is 10.7 Å². The minimum atomic E-state index is -0.493. The molecule has 4 nitrogen and oxygen atoms in total. The Morgan fingerprint density at radius 3 is 2.04 bits per heavy atom. The molecule has 0 saturated heterocycles. The van der Waals surface area contributed by atoms with Crippen LogP contribution in [0.3, 0.4) is 0 Å². The zero-order valence-corrected chi connectivity index (χ0v) is 13.3. The number of likely N-dealkylation sites (N-methyl/N-ethyl adjacent to an activating group) is 1. The number of rotatable bonds is 4. The van der Waals surface area contributed by atoms with E-state index in [1.807, 2.05) is 43.3 Å². The molecule has 116 valence electrons. The molecule has 0 aliphatic carbocycles. The summed E-state index contributed by atoms with van der Waals surface area (Å²) >= 11 is 6.22. The van der Waals surface area contributed by atoms with E-state index in [4.69, 9.17) is 11.6 Å². The number of carbonyl (C=O) groups excluding carboxylic acids is 2. The van der Waals surface area contributed by atoms with Crippen LogP contribution in [0, 0.1) is 0 Å². The van der Waals surface area contributed by atoms with Gasteiger partial charge in [-0.1, -0.05) is 48.0 Å². The van der Waals surface area contributed by atoms with Crippen molar-refractivity contribution in [3.05, 3.63) is 71.4 Å². The summed E-state index contributed by atoms with van der Waals surface area (Å²) in [5.41, 5.74) is 1.55. The minimum absolute atomic E-state index is 0.0513. The van der Waals surface area contributed by atoms with E-state index in [0.29, 0.717) is 12.2 Å². The first-order chi connectivity index (χ1) is 11.1. The second-order valence-electron chi connectivity index (χ2n) is 5.02. The van der Waals surface area contributed by atoms with Crippen LogP contribution in [0.2, 0.25) is 0 Å². The Balaban J connectivity index is 2.03. The van der Waals surface area contributed by atoms with Gasteiger partial charge < -0.3 is 4.90 Å². The molecule has 2 amide bonds. The molecule has 0 N–H and O–H groups in total. The Bertz CT molecular complexity index is 772. The molecule has 1 heterocycles. The molecule has 2 aromatic rings. The van der Waals surface area contributed by atoms with Gasteiger partial charge in [0, 0.05) is 12.2 Å². The molecular formula is C18H15ClN2O2. The van der Waals surface area contributed by atoms with Crippen LogP contribution in [0.4, 0.5) is 11.4 Å². The number of amides is 2. The van der Waals surface area contributed by atoms with Crippen LogP contribution in [0.25, 0.3) is 0 Å². The lowest BCUT2D eigenvalue weighted by molar-refractivity contribution is -0.120. The van der Waals surface area contributed by atoms with Gasteiger partial charge >= 0.3 is 0 Å². The highest BCUT2D eigenvalue weighted by atomic mass is 35.5. The van der Waals surface area contributed by atoms with Gasteiger partial charge in [-0.25, -0.2) is 4.90 Å². The van der Waals surface area contributed by atoms with Crippen molar-refractivity contribution < 1.29 is 9.59 Å². The molecule has 2 aromatic carbocycles. The maximum atomic E-state index is 12.8. The first-order valence-electron chi connectivity index (χ1n) is 7.31. The fourth-order valence-corrected chi connectivity index (χ4v) is 2.88. The largest absolute Gasteiger partial charge is 0.336 e. The Kier molecular flexibility index (Phi) is 4.17. The fourth-order valence-electron chi connectivity index (χ4n) is 2.61. The van der Waals surface area contributed by atoms with E-state index in [2.05, 4.69) is 0 Å². The second kappa shape index (κ2) is 6.26. The predicted molar refractivity (Wildman–Crippen MR) is 91.3 cm³/mol. The Hall–Kier alpha value is -2.59. The highest BCUT2D eigenvalue weighted by Crippen LogP contribution is 2.33. The smallest absolute Gasteiger partial charge is 0.283 e. The summed E-state index contributed by atoms with van der Waals surface area (Å²) in [5.74, 6) is -0.899.